The minimum absolute atomic E-state index is 0.0495. The molecule has 2 fully saturated rings. The maximum Gasteiger partial charge on any atom is 0.290 e. The van der Waals surface area contributed by atoms with E-state index in [0.717, 1.165) is 69.7 Å². The summed E-state index contributed by atoms with van der Waals surface area (Å²) >= 11 is 0. The van der Waals surface area contributed by atoms with Crippen molar-refractivity contribution in [3.05, 3.63) is 29.6 Å². The van der Waals surface area contributed by atoms with Crippen LogP contribution < -0.4 is 0 Å². The van der Waals surface area contributed by atoms with Crippen LogP contribution in [0.2, 0.25) is 0 Å². The summed E-state index contributed by atoms with van der Waals surface area (Å²) in [4.78, 5) is 37.5. The van der Waals surface area contributed by atoms with Gasteiger partial charge in [-0.2, -0.15) is 0 Å². The lowest BCUT2D eigenvalue weighted by molar-refractivity contribution is 0.0565. The maximum atomic E-state index is 13.2. The van der Waals surface area contributed by atoms with E-state index < -0.39 is 0 Å². The number of benzene rings is 1. The van der Waals surface area contributed by atoms with Gasteiger partial charge in [-0.05, 0) is 37.0 Å². The number of aromatic nitrogens is 2. The lowest BCUT2D eigenvalue weighted by Crippen LogP contribution is -2.49. The molecule has 0 radical (unpaired) electrons. The molecule has 2 aliphatic heterocycles. The summed E-state index contributed by atoms with van der Waals surface area (Å²) in [6.45, 7) is 10.5. The maximum absolute atomic E-state index is 13.2. The lowest BCUT2D eigenvalue weighted by atomic mass is 9.94. The fourth-order valence-corrected chi connectivity index (χ4v) is 5.66. The van der Waals surface area contributed by atoms with E-state index in [1.165, 1.54) is 19.3 Å². The van der Waals surface area contributed by atoms with Crippen molar-refractivity contribution in [2.24, 2.45) is 5.92 Å². The normalized spacial score (nSPS) is 20.9. The first-order valence-electron chi connectivity index (χ1n) is 12.3. The number of rotatable bonds is 4. The monoisotopic (exact) mass is 437 g/mol. The van der Waals surface area contributed by atoms with Gasteiger partial charge in [0.05, 0.1) is 11.0 Å². The summed E-state index contributed by atoms with van der Waals surface area (Å²) in [7, 11) is 0. The van der Waals surface area contributed by atoms with Crippen LogP contribution in [0.5, 0.6) is 0 Å². The molecule has 7 heteroatoms. The van der Waals surface area contributed by atoms with Gasteiger partial charge < -0.3 is 14.4 Å². The number of amides is 2. The Bertz CT molecular complexity index is 999. The molecule has 5 rings (SSSR count). The zero-order valence-electron chi connectivity index (χ0n) is 19.4. The minimum Gasteiger partial charge on any atom is -0.336 e. The van der Waals surface area contributed by atoms with Crippen LogP contribution in [0.25, 0.3) is 11.0 Å². The highest BCUT2D eigenvalue weighted by Gasteiger charge is 2.33. The van der Waals surface area contributed by atoms with Crippen LogP contribution in [0.15, 0.2) is 18.2 Å². The Morgan fingerprint density at radius 1 is 1.03 bits per heavy atom. The molecule has 3 aliphatic rings. The third kappa shape index (κ3) is 4.03. The second kappa shape index (κ2) is 8.85. The fourth-order valence-electron chi connectivity index (χ4n) is 5.66. The Balaban J connectivity index is 1.32. The Morgan fingerprint density at radius 2 is 1.78 bits per heavy atom. The van der Waals surface area contributed by atoms with Gasteiger partial charge in [-0.1, -0.05) is 33.1 Å². The molecule has 1 aliphatic carbocycles. The highest BCUT2D eigenvalue weighted by molar-refractivity contribution is 6.00. The van der Waals surface area contributed by atoms with Crippen LogP contribution in [0.1, 0.15) is 66.9 Å². The Morgan fingerprint density at radius 3 is 2.50 bits per heavy atom. The average molecular weight is 438 g/mol. The van der Waals surface area contributed by atoms with Crippen molar-refractivity contribution in [2.75, 3.05) is 39.3 Å². The van der Waals surface area contributed by atoms with Crippen LogP contribution in [-0.4, -0.2) is 81.4 Å². The zero-order valence-corrected chi connectivity index (χ0v) is 19.4. The van der Waals surface area contributed by atoms with Crippen molar-refractivity contribution in [1.82, 2.24) is 24.3 Å². The minimum atomic E-state index is 0.0495. The number of hydrogen-bond acceptors (Lipinski definition) is 4. The molecule has 172 valence electrons. The summed E-state index contributed by atoms with van der Waals surface area (Å²) in [5.74, 6) is 1.29. The van der Waals surface area contributed by atoms with E-state index in [-0.39, 0.29) is 11.8 Å². The van der Waals surface area contributed by atoms with E-state index in [1.807, 2.05) is 32.6 Å². The first-order valence-corrected chi connectivity index (χ1v) is 12.3. The van der Waals surface area contributed by atoms with Crippen LogP contribution in [0.3, 0.4) is 0 Å². The largest absolute Gasteiger partial charge is 0.336 e. The first-order chi connectivity index (χ1) is 15.5. The van der Waals surface area contributed by atoms with Crippen LogP contribution in [0, 0.1) is 5.92 Å². The second-order valence-electron chi connectivity index (χ2n) is 10.1. The number of carbonyl (C=O) groups is 2. The number of imidazole rings is 1. The summed E-state index contributed by atoms with van der Waals surface area (Å²) in [6, 6.07) is 6.11. The standard InChI is InChI=1S/C25H35N5O2/c1-18(2)17-27-10-12-28(13-11-27)24(31)19-8-9-22-21(16-19)26-23-25(32)29(14-15-30(22)23)20-6-4-3-5-7-20/h8-9,16,18,20H,3-7,10-15,17H2,1-2H3. The highest BCUT2D eigenvalue weighted by Crippen LogP contribution is 2.28. The van der Waals surface area contributed by atoms with Crippen molar-refractivity contribution in [1.29, 1.82) is 0 Å². The second-order valence-corrected chi connectivity index (χ2v) is 10.1. The molecule has 0 unspecified atom stereocenters. The molecule has 2 amide bonds. The molecule has 0 bridgehead atoms. The van der Waals surface area contributed by atoms with Crippen molar-refractivity contribution < 1.29 is 9.59 Å². The predicted octanol–water partition coefficient (Wildman–Crippen LogP) is 3.24. The third-order valence-corrected chi connectivity index (χ3v) is 7.31. The number of fused-ring (bicyclic) bond motifs is 3. The summed E-state index contributed by atoms with van der Waals surface area (Å²) in [5, 5.41) is 0. The highest BCUT2D eigenvalue weighted by atomic mass is 16.2. The third-order valence-electron chi connectivity index (χ3n) is 7.31. The van der Waals surface area contributed by atoms with E-state index in [2.05, 4.69) is 18.7 Å². The molecular weight excluding hydrogens is 402 g/mol. The molecule has 0 atom stereocenters. The fraction of sp³-hybridized carbons (Fsp3) is 0.640. The van der Waals surface area contributed by atoms with Gasteiger partial charge in [-0.15, -0.1) is 0 Å². The number of nitrogens with zero attached hydrogens (tertiary/aromatic N) is 5. The van der Waals surface area contributed by atoms with Gasteiger partial charge >= 0.3 is 0 Å². The Hall–Kier alpha value is -2.41. The van der Waals surface area contributed by atoms with Crippen LogP contribution in [-0.2, 0) is 6.54 Å². The molecule has 1 aromatic carbocycles. The van der Waals surface area contributed by atoms with Crippen LogP contribution in [0.4, 0.5) is 0 Å². The smallest absolute Gasteiger partial charge is 0.290 e. The zero-order chi connectivity index (χ0) is 22.2. The van der Waals surface area contributed by atoms with Gasteiger partial charge in [0.15, 0.2) is 5.82 Å². The molecular formula is C25H35N5O2. The number of hydrogen-bond donors (Lipinski definition) is 0. The van der Waals surface area contributed by atoms with E-state index in [4.69, 9.17) is 4.98 Å². The molecule has 1 aromatic heterocycles. The topological polar surface area (TPSA) is 61.7 Å². The molecule has 3 heterocycles. The van der Waals surface area contributed by atoms with Gasteiger partial charge in [0, 0.05) is 57.4 Å². The van der Waals surface area contributed by atoms with Crippen molar-refractivity contribution in [2.45, 2.75) is 58.5 Å². The van der Waals surface area contributed by atoms with Gasteiger partial charge in [0.25, 0.3) is 11.8 Å². The quantitative estimate of drug-likeness (QED) is 0.737. The van der Waals surface area contributed by atoms with Gasteiger partial charge in [0.1, 0.15) is 0 Å². The molecule has 2 aromatic rings. The SMILES string of the molecule is CC(C)CN1CCN(C(=O)c2ccc3c(c2)nc2n3CCN(C3CCCCC3)C2=O)CC1. The lowest BCUT2D eigenvalue weighted by Gasteiger charge is -2.36. The van der Waals surface area contributed by atoms with E-state index >= 15 is 0 Å². The number of carbonyl (C=O) groups excluding carboxylic acids is 2. The average Bonchev–Trinajstić information content (AvgIpc) is 3.18. The van der Waals surface area contributed by atoms with Crippen molar-refractivity contribution >= 4 is 22.8 Å². The van der Waals surface area contributed by atoms with Gasteiger partial charge in [0.2, 0.25) is 0 Å². The molecule has 0 N–H and O–H groups in total. The summed E-state index contributed by atoms with van der Waals surface area (Å²) in [6.07, 6.45) is 5.91. The van der Waals surface area contributed by atoms with Gasteiger partial charge in [-0.25, -0.2) is 4.98 Å². The molecule has 1 saturated heterocycles. The van der Waals surface area contributed by atoms with E-state index in [0.29, 0.717) is 23.3 Å². The predicted molar refractivity (Wildman–Crippen MR) is 125 cm³/mol. The Labute approximate surface area is 190 Å². The van der Waals surface area contributed by atoms with Crippen molar-refractivity contribution in [3.8, 4) is 0 Å². The molecule has 32 heavy (non-hydrogen) atoms. The van der Waals surface area contributed by atoms with E-state index in [1.54, 1.807) is 0 Å². The Kier molecular flexibility index (Phi) is 5.93. The van der Waals surface area contributed by atoms with E-state index in [9.17, 15) is 9.59 Å². The molecule has 0 spiro atoms. The molecule has 1 saturated carbocycles. The van der Waals surface area contributed by atoms with Gasteiger partial charge in [-0.3, -0.25) is 14.5 Å². The number of piperazine rings is 1. The molecule has 7 nitrogen and oxygen atoms in total. The van der Waals surface area contributed by atoms with Crippen molar-refractivity contribution in [3.63, 3.8) is 0 Å². The summed E-state index contributed by atoms with van der Waals surface area (Å²) in [5.41, 5.74) is 2.37. The van der Waals surface area contributed by atoms with Crippen LogP contribution >= 0.6 is 0 Å². The summed E-state index contributed by atoms with van der Waals surface area (Å²) < 4.78 is 2.04. The first kappa shape index (κ1) is 21.4.